The molecule has 118 valence electrons. The van der Waals surface area contributed by atoms with Crippen LogP contribution in [-0.2, 0) is 16.0 Å². The van der Waals surface area contributed by atoms with Crippen molar-refractivity contribution < 1.29 is 9.59 Å². The van der Waals surface area contributed by atoms with Gasteiger partial charge < -0.3 is 5.32 Å². The Bertz CT molecular complexity index is 682. The van der Waals surface area contributed by atoms with Crippen LogP contribution in [-0.4, -0.2) is 24.1 Å². The highest BCUT2D eigenvalue weighted by atomic mass is 16.2. The molecule has 0 heterocycles. The van der Waals surface area contributed by atoms with Crippen molar-refractivity contribution in [1.29, 1.82) is 0 Å². The minimum Gasteiger partial charge on any atom is -0.347 e. The molecule has 5 heteroatoms. The number of hydrogen-bond donors (Lipinski definition) is 2. The first kappa shape index (κ1) is 16.4. The third-order valence-electron chi connectivity index (χ3n) is 3.19. The Labute approximate surface area is 135 Å². The lowest BCUT2D eigenvalue weighted by molar-refractivity contribution is -0.125. The van der Waals surface area contributed by atoms with Crippen LogP contribution in [0.4, 0.5) is 0 Å². The van der Waals surface area contributed by atoms with Crippen LogP contribution in [0, 0.1) is 0 Å². The van der Waals surface area contributed by atoms with Gasteiger partial charge in [-0.3, -0.25) is 9.59 Å². The molecule has 0 fully saturated rings. The lowest BCUT2D eigenvalue weighted by Gasteiger charge is -2.05. The van der Waals surface area contributed by atoms with Crippen LogP contribution < -0.4 is 10.7 Å². The maximum absolute atomic E-state index is 11.7. The van der Waals surface area contributed by atoms with E-state index in [1.807, 2.05) is 67.6 Å². The second-order valence-corrected chi connectivity index (χ2v) is 5.04. The van der Waals surface area contributed by atoms with Gasteiger partial charge in [-0.1, -0.05) is 60.7 Å². The summed E-state index contributed by atoms with van der Waals surface area (Å²) in [5.41, 5.74) is 4.98. The summed E-state index contributed by atoms with van der Waals surface area (Å²) in [6, 6.07) is 18.9. The van der Waals surface area contributed by atoms with Crippen molar-refractivity contribution in [2.45, 2.75) is 13.3 Å². The molecule has 0 aliphatic rings. The zero-order chi connectivity index (χ0) is 16.5. The predicted octanol–water partition coefficient (Wildman–Crippen LogP) is 1.89. The summed E-state index contributed by atoms with van der Waals surface area (Å²) in [5, 5.41) is 6.60. The number of rotatable bonds is 6. The third kappa shape index (κ3) is 5.74. The number of benzene rings is 2. The predicted molar refractivity (Wildman–Crippen MR) is 90.0 cm³/mol. The summed E-state index contributed by atoms with van der Waals surface area (Å²) in [6.45, 7) is 1.71. The highest BCUT2D eigenvalue weighted by Crippen LogP contribution is 2.00. The Balaban J connectivity index is 1.76. The van der Waals surface area contributed by atoms with Crippen molar-refractivity contribution in [3.8, 4) is 0 Å². The van der Waals surface area contributed by atoms with Crippen LogP contribution in [0.15, 0.2) is 65.8 Å². The van der Waals surface area contributed by atoms with Gasteiger partial charge in [0.25, 0.3) is 5.91 Å². The number of nitrogens with one attached hydrogen (secondary N) is 2. The molecule has 2 aromatic carbocycles. The first-order valence-corrected chi connectivity index (χ1v) is 7.34. The first-order chi connectivity index (χ1) is 11.1. The Morgan fingerprint density at radius 3 is 2.17 bits per heavy atom. The second kappa shape index (κ2) is 8.48. The summed E-state index contributed by atoms with van der Waals surface area (Å²) < 4.78 is 0. The molecule has 0 saturated carbocycles. The molecule has 5 nitrogen and oxygen atoms in total. The quantitative estimate of drug-likeness (QED) is 0.632. The van der Waals surface area contributed by atoms with E-state index in [-0.39, 0.29) is 24.8 Å². The van der Waals surface area contributed by atoms with E-state index in [1.165, 1.54) is 0 Å². The van der Waals surface area contributed by atoms with Gasteiger partial charge in [0.05, 0.1) is 18.7 Å². The van der Waals surface area contributed by atoms with Crippen molar-refractivity contribution in [2.24, 2.45) is 5.10 Å². The van der Waals surface area contributed by atoms with E-state index in [1.54, 1.807) is 0 Å². The zero-order valence-electron chi connectivity index (χ0n) is 13.0. The second-order valence-electron chi connectivity index (χ2n) is 5.04. The highest BCUT2D eigenvalue weighted by Gasteiger charge is 2.06. The molecule has 0 aromatic heterocycles. The molecular weight excluding hydrogens is 290 g/mol. The van der Waals surface area contributed by atoms with Crippen molar-refractivity contribution in [2.75, 3.05) is 6.54 Å². The fraction of sp³-hybridized carbons (Fsp3) is 0.167. The maximum Gasteiger partial charge on any atom is 0.259 e. The van der Waals surface area contributed by atoms with Gasteiger partial charge in [0.15, 0.2) is 0 Å². The molecule has 2 rings (SSSR count). The van der Waals surface area contributed by atoms with Crippen LogP contribution in [0.1, 0.15) is 18.1 Å². The molecular formula is C18H19N3O2. The lowest BCUT2D eigenvalue weighted by atomic mass is 10.1. The molecule has 0 radical (unpaired) electrons. The largest absolute Gasteiger partial charge is 0.347 e. The van der Waals surface area contributed by atoms with Crippen molar-refractivity contribution in [3.63, 3.8) is 0 Å². The Hall–Kier alpha value is -2.95. The molecule has 2 N–H and O–H groups in total. The maximum atomic E-state index is 11.7. The summed E-state index contributed by atoms with van der Waals surface area (Å²) >= 11 is 0. The monoisotopic (exact) mass is 309 g/mol. The SMILES string of the molecule is C/C(=N/NC(=O)CNC(=O)Cc1ccccc1)c1ccccc1. The van der Waals surface area contributed by atoms with E-state index in [0.717, 1.165) is 11.1 Å². The summed E-state index contributed by atoms with van der Waals surface area (Å²) in [7, 11) is 0. The van der Waals surface area contributed by atoms with Gasteiger partial charge in [0.2, 0.25) is 5.91 Å². The highest BCUT2D eigenvalue weighted by molar-refractivity contribution is 5.99. The standard InChI is InChI=1S/C18H19N3O2/c1-14(16-10-6-3-7-11-16)20-21-18(23)13-19-17(22)12-15-8-4-2-5-9-15/h2-11H,12-13H2,1H3,(H,19,22)(H,21,23)/b20-14-. The van der Waals surface area contributed by atoms with Crippen LogP contribution in [0.5, 0.6) is 0 Å². The van der Waals surface area contributed by atoms with Gasteiger partial charge in [-0.15, -0.1) is 0 Å². The van der Waals surface area contributed by atoms with Gasteiger partial charge in [-0.2, -0.15) is 5.10 Å². The van der Waals surface area contributed by atoms with E-state index < -0.39 is 0 Å². The molecule has 0 bridgehead atoms. The van der Waals surface area contributed by atoms with Crippen molar-refractivity contribution in [1.82, 2.24) is 10.7 Å². The molecule has 0 aliphatic heterocycles. The van der Waals surface area contributed by atoms with E-state index in [2.05, 4.69) is 15.8 Å². The van der Waals surface area contributed by atoms with E-state index in [9.17, 15) is 9.59 Å². The van der Waals surface area contributed by atoms with Gasteiger partial charge in [0, 0.05) is 0 Å². The van der Waals surface area contributed by atoms with Gasteiger partial charge >= 0.3 is 0 Å². The minimum absolute atomic E-state index is 0.1000. The van der Waals surface area contributed by atoms with Gasteiger partial charge in [0.1, 0.15) is 0 Å². The Morgan fingerprint density at radius 2 is 1.52 bits per heavy atom. The van der Waals surface area contributed by atoms with E-state index >= 15 is 0 Å². The number of amides is 2. The summed E-state index contributed by atoms with van der Waals surface area (Å²) in [4.78, 5) is 23.5. The average Bonchev–Trinajstić information content (AvgIpc) is 2.59. The molecule has 0 aliphatic carbocycles. The topological polar surface area (TPSA) is 70.6 Å². The minimum atomic E-state index is -0.360. The normalized spacial score (nSPS) is 10.9. The third-order valence-corrected chi connectivity index (χ3v) is 3.19. The van der Waals surface area contributed by atoms with E-state index in [0.29, 0.717) is 5.71 Å². The molecule has 0 unspecified atom stereocenters. The van der Waals surface area contributed by atoms with E-state index in [4.69, 9.17) is 0 Å². The Kier molecular flexibility index (Phi) is 6.06. The lowest BCUT2D eigenvalue weighted by Crippen LogP contribution is -2.36. The molecule has 23 heavy (non-hydrogen) atoms. The molecule has 0 atom stereocenters. The summed E-state index contributed by atoms with van der Waals surface area (Å²) in [6.07, 6.45) is 0.250. The number of nitrogens with zero attached hydrogens (tertiary/aromatic N) is 1. The smallest absolute Gasteiger partial charge is 0.259 e. The summed E-state index contributed by atoms with van der Waals surface area (Å²) in [5.74, 6) is -0.559. The Morgan fingerprint density at radius 1 is 0.913 bits per heavy atom. The van der Waals surface area contributed by atoms with Crippen LogP contribution in [0.2, 0.25) is 0 Å². The number of hydrogen-bond acceptors (Lipinski definition) is 3. The number of carbonyl (C=O) groups is 2. The molecule has 0 saturated heterocycles. The fourth-order valence-corrected chi connectivity index (χ4v) is 1.95. The number of carbonyl (C=O) groups excluding carboxylic acids is 2. The van der Waals surface area contributed by atoms with Crippen LogP contribution in [0.3, 0.4) is 0 Å². The van der Waals surface area contributed by atoms with Crippen LogP contribution in [0.25, 0.3) is 0 Å². The molecule has 0 spiro atoms. The first-order valence-electron chi connectivity index (χ1n) is 7.34. The van der Waals surface area contributed by atoms with Crippen molar-refractivity contribution >= 4 is 17.5 Å². The van der Waals surface area contributed by atoms with Crippen LogP contribution >= 0.6 is 0 Å². The van der Waals surface area contributed by atoms with Gasteiger partial charge in [-0.05, 0) is 18.1 Å². The average molecular weight is 309 g/mol. The molecule has 2 aromatic rings. The molecule has 2 amide bonds. The zero-order valence-corrected chi connectivity index (χ0v) is 13.0. The number of hydrazone groups is 1. The van der Waals surface area contributed by atoms with Gasteiger partial charge in [-0.25, -0.2) is 5.43 Å². The fourth-order valence-electron chi connectivity index (χ4n) is 1.95. The van der Waals surface area contributed by atoms with Crippen molar-refractivity contribution in [3.05, 3.63) is 71.8 Å².